The second-order valence-electron chi connectivity index (χ2n) is 8.91. The van der Waals surface area contributed by atoms with Gasteiger partial charge in [-0.1, -0.05) is 69.2 Å². The first kappa shape index (κ1) is 23.8. The number of rotatable bonds is 6. The zero-order chi connectivity index (χ0) is 23.9. The Labute approximate surface area is 202 Å². The fourth-order valence-corrected chi connectivity index (χ4v) is 5.34. The number of benzene rings is 3. The molecule has 0 aliphatic heterocycles. The van der Waals surface area contributed by atoms with Crippen LogP contribution >= 0.6 is 0 Å². The monoisotopic (exact) mass is 458 g/mol. The molecule has 1 fully saturated rings. The predicted molar refractivity (Wildman–Crippen MR) is 138 cm³/mol. The van der Waals surface area contributed by atoms with Crippen molar-refractivity contribution in [1.82, 2.24) is 0 Å². The molecule has 0 heterocycles. The van der Waals surface area contributed by atoms with E-state index in [0.29, 0.717) is 18.2 Å². The second-order valence-corrected chi connectivity index (χ2v) is 8.91. The van der Waals surface area contributed by atoms with E-state index in [1.807, 2.05) is 50.2 Å². The molecule has 2 unspecified atom stereocenters. The smallest absolute Gasteiger partial charge is 0.292 e. The molecule has 0 amide bonds. The standard InChI is InChI=1S/C27H28N2O3.C2H6/c30-29(31)26-13-7-6-12-24(26)28-25-16-21-15-14-20-10-4-5-11-22(20)23(21)17-27(25)32-18-19-8-2-1-3-9-19;1-2/h1-3,6-9,12-13,16-17,20,22,28H,4-5,10-11,14-15,18H2;1-2H3. The molecule has 3 aromatic rings. The summed E-state index contributed by atoms with van der Waals surface area (Å²) in [6.45, 7) is 4.46. The van der Waals surface area contributed by atoms with Crippen LogP contribution in [0.4, 0.5) is 17.1 Å². The van der Waals surface area contributed by atoms with Gasteiger partial charge >= 0.3 is 0 Å². The summed E-state index contributed by atoms with van der Waals surface area (Å²) < 4.78 is 6.31. The number of nitrogens with zero attached hydrogens (tertiary/aromatic N) is 1. The van der Waals surface area contributed by atoms with E-state index in [1.54, 1.807) is 12.1 Å². The van der Waals surface area contributed by atoms with Gasteiger partial charge in [0, 0.05) is 6.07 Å². The van der Waals surface area contributed by atoms with Crippen molar-refractivity contribution in [3.63, 3.8) is 0 Å². The number of anilines is 2. The van der Waals surface area contributed by atoms with Crippen molar-refractivity contribution in [2.75, 3.05) is 5.32 Å². The summed E-state index contributed by atoms with van der Waals surface area (Å²) in [5.74, 6) is 2.14. The molecule has 0 bridgehead atoms. The van der Waals surface area contributed by atoms with E-state index in [0.717, 1.165) is 29.3 Å². The lowest BCUT2D eigenvalue weighted by Gasteiger charge is -2.37. The fraction of sp³-hybridized carbons (Fsp3) is 0.379. The molecule has 2 aliphatic rings. The molecule has 2 aliphatic carbocycles. The highest BCUT2D eigenvalue weighted by Gasteiger charge is 2.32. The van der Waals surface area contributed by atoms with Gasteiger partial charge in [-0.05, 0) is 72.4 Å². The SMILES string of the molecule is CC.O=[N+]([O-])c1ccccc1Nc1cc2c(cc1OCc1ccccc1)C1CCCCC1CC2. The molecule has 0 aromatic heterocycles. The molecule has 2 atom stereocenters. The quantitative estimate of drug-likeness (QED) is 0.299. The highest BCUT2D eigenvalue weighted by Crippen LogP contribution is 2.48. The van der Waals surface area contributed by atoms with Crippen LogP contribution in [0.5, 0.6) is 5.75 Å². The first-order valence-corrected chi connectivity index (χ1v) is 12.5. The van der Waals surface area contributed by atoms with Crippen LogP contribution < -0.4 is 10.1 Å². The van der Waals surface area contributed by atoms with Crippen LogP contribution in [-0.4, -0.2) is 4.92 Å². The van der Waals surface area contributed by atoms with Gasteiger partial charge in [-0.25, -0.2) is 0 Å². The van der Waals surface area contributed by atoms with Gasteiger partial charge < -0.3 is 10.1 Å². The first-order valence-electron chi connectivity index (χ1n) is 12.5. The Hall–Kier alpha value is -3.34. The lowest BCUT2D eigenvalue weighted by atomic mass is 9.68. The minimum atomic E-state index is -0.349. The van der Waals surface area contributed by atoms with Crippen molar-refractivity contribution < 1.29 is 9.66 Å². The molecule has 0 spiro atoms. The molecule has 1 saturated carbocycles. The van der Waals surface area contributed by atoms with Crippen LogP contribution in [-0.2, 0) is 13.0 Å². The first-order chi connectivity index (χ1) is 16.7. The molecular formula is C29H34N2O3. The molecule has 5 rings (SSSR count). The Morgan fingerprint density at radius 3 is 2.47 bits per heavy atom. The number of nitro groups is 1. The number of fused-ring (bicyclic) bond motifs is 3. The number of hydrogen-bond acceptors (Lipinski definition) is 4. The minimum absolute atomic E-state index is 0.0616. The molecular weight excluding hydrogens is 424 g/mol. The van der Waals surface area contributed by atoms with E-state index in [9.17, 15) is 10.1 Å². The number of hydrogen-bond donors (Lipinski definition) is 1. The summed E-state index contributed by atoms with van der Waals surface area (Å²) in [4.78, 5) is 11.2. The van der Waals surface area contributed by atoms with Crippen LogP contribution in [0.2, 0.25) is 0 Å². The summed E-state index contributed by atoms with van der Waals surface area (Å²) in [5, 5.41) is 14.8. The normalized spacial score (nSPS) is 18.5. The summed E-state index contributed by atoms with van der Waals surface area (Å²) in [5.41, 5.74) is 5.19. The van der Waals surface area contributed by atoms with E-state index < -0.39 is 0 Å². The molecule has 0 radical (unpaired) electrons. The van der Waals surface area contributed by atoms with Crippen molar-refractivity contribution in [1.29, 1.82) is 0 Å². The van der Waals surface area contributed by atoms with E-state index in [2.05, 4.69) is 17.4 Å². The third-order valence-corrected chi connectivity index (χ3v) is 6.94. The summed E-state index contributed by atoms with van der Waals surface area (Å²) in [6.07, 6.45) is 7.48. The van der Waals surface area contributed by atoms with Crippen molar-refractivity contribution in [3.05, 3.63) is 93.5 Å². The van der Waals surface area contributed by atoms with Crippen LogP contribution in [0.15, 0.2) is 66.7 Å². The average molecular weight is 459 g/mol. The molecule has 5 nitrogen and oxygen atoms in total. The van der Waals surface area contributed by atoms with Gasteiger partial charge in [0.05, 0.1) is 10.6 Å². The van der Waals surface area contributed by atoms with Crippen LogP contribution in [0.3, 0.4) is 0 Å². The molecule has 178 valence electrons. The number of nitro benzene ring substituents is 1. The highest BCUT2D eigenvalue weighted by molar-refractivity contribution is 5.74. The molecule has 1 N–H and O–H groups in total. The fourth-order valence-electron chi connectivity index (χ4n) is 5.34. The van der Waals surface area contributed by atoms with E-state index in [1.165, 1.54) is 49.3 Å². The third-order valence-electron chi connectivity index (χ3n) is 6.94. The Balaban J connectivity index is 0.00000133. The molecule has 3 aromatic carbocycles. The maximum absolute atomic E-state index is 11.5. The maximum Gasteiger partial charge on any atom is 0.292 e. The van der Waals surface area contributed by atoms with Gasteiger partial charge in [0.15, 0.2) is 0 Å². The lowest BCUT2D eigenvalue weighted by Crippen LogP contribution is -2.24. The lowest BCUT2D eigenvalue weighted by molar-refractivity contribution is -0.383. The van der Waals surface area contributed by atoms with Crippen molar-refractivity contribution >= 4 is 17.1 Å². The average Bonchev–Trinajstić information content (AvgIpc) is 2.89. The summed E-state index contributed by atoms with van der Waals surface area (Å²) in [6, 6.07) is 21.2. The van der Waals surface area contributed by atoms with E-state index in [-0.39, 0.29) is 10.6 Å². The molecule has 0 saturated heterocycles. The summed E-state index contributed by atoms with van der Waals surface area (Å²) in [7, 11) is 0. The van der Waals surface area contributed by atoms with E-state index in [4.69, 9.17) is 4.74 Å². The predicted octanol–water partition coefficient (Wildman–Crippen LogP) is 8.16. The Kier molecular flexibility index (Phi) is 7.84. The van der Waals surface area contributed by atoms with Gasteiger partial charge in [-0.2, -0.15) is 0 Å². The Morgan fingerprint density at radius 1 is 0.941 bits per heavy atom. The zero-order valence-corrected chi connectivity index (χ0v) is 20.1. The van der Waals surface area contributed by atoms with Crippen molar-refractivity contribution in [3.8, 4) is 5.75 Å². The number of para-hydroxylation sites is 2. The Morgan fingerprint density at radius 2 is 1.68 bits per heavy atom. The highest BCUT2D eigenvalue weighted by atomic mass is 16.6. The number of nitrogens with one attached hydrogen (secondary N) is 1. The van der Waals surface area contributed by atoms with E-state index >= 15 is 0 Å². The van der Waals surface area contributed by atoms with Gasteiger partial charge in [-0.3, -0.25) is 10.1 Å². The summed E-state index contributed by atoms with van der Waals surface area (Å²) >= 11 is 0. The second kappa shape index (κ2) is 11.2. The van der Waals surface area contributed by atoms with Crippen LogP contribution in [0.25, 0.3) is 0 Å². The minimum Gasteiger partial charge on any atom is -0.487 e. The van der Waals surface area contributed by atoms with Gasteiger partial charge in [0.1, 0.15) is 18.0 Å². The number of aryl methyl sites for hydroxylation is 1. The number of ether oxygens (including phenoxy) is 1. The molecule has 5 heteroatoms. The topological polar surface area (TPSA) is 64.4 Å². The maximum atomic E-state index is 11.5. The zero-order valence-electron chi connectivity index (χ0n) is 20.1. The van der Waals surface area contributed by atoms with Gasteiger partial charge in [0.2, 0.25) is 0 Å². The van der Waals surface area contributed by atoms with Crippen LogP contribution in [0.1, 0.15) is 68.6 Å². The van der Waals surface area contributed by atoms with Gasteiger partial charge in [-0.15, -0.1) is 0 Å². The van der Waals surface area contributed by atoms with Crippen molar-refractivity contribution in [2.45, 2.75) is 64.9 Å². The largest absolute Gasteiger partial charge is 0.487 e. The van der Waals surface area contributed by atoms with Crippen LogP contribution in [0, 0.1) is 16.0 Å². The third kappa shape index (κ3) is 5.24. The Bertz CT molecular complexity index is 1110. The van der Waals surface area contributed by atoms with Crippen molar-refractivity contribution in [2.24, 2.45) is 5.92 Å². The van der Waals surface area contributed by atoms with Gasteiger partial charge in [0.25, 0.3) is 5.69 Å². The molecule has 34 heavy (non-hydrogen) atoms.